The minimum Gasteiger partial charge on any atom is -0.466 e. The van der Waals surface area contributed by atoms with Crippen LogP contribution in [-0.4, -0.2) is 35.6 Å². The van der Waals surface area contributed by atoms with Crippen molar-refractivity contribution in [3.63, 3.8) is 0 Å². The fourth-order valence-corrected chi connectivity index (χ4v) is 2.53. The van der Waals surface area contributed by atoms with Gasteiger partial charge in [-0.05, 0) is 19.8 Å². The molecule has 0 bridgehead atoms. The number of hydrogen-bond donors (Lipinski definition) is 0. The van der Waals surface area contributed by atoms with E-state index in [1.165, 1.54) is 0 Å². The van der Waals surface area contributed by atoms with E-state index in [2.05, 4.69) is 41.7 Å². The summed E-state index contributed by atoms with van der Waals surface area (Å²) in [6.07, 6.45) is 3.29. The number of ether oxygens (including phenoxy) is 1. The molecule has 1 aliphatic rings. The van der Waals surface area contributed by atoms with Crippen LogP contribution in [0.1, 0.15) is 46.2 Å². The Hall–Kier alpha value is -1.65. The van der Waals surface area contributed by atoms with Crippen LogP contribution in [0.15, 0.2) is 12.4 Å². The molecular formula is C16H25N3O2. The lowest BCUT2D eigenvalue weighted by atomic mass is 9.91. The van der Waals surface area contributed by atoms with Crippen LogP contribution >= 0.6 is 0 Å². The van der Waals surface area contributed by atoms with E-state index in [4.69, 9.17) is 4.74 Å². The lowest BCUT2D eigenvalue weighted by Gasteiger charge is -2.32. The summed E-state index contributed by atoms with van der Waals surface area (Å²) in [5.74, 6) is 0.928. The minimum atomic E-state index is -0.0600. The molecule has 2 rings (SSSR count). The van der Waals surface area contributed by atoms with Crippen molar-refractivity contribution in [1.29, 1.82) is 0 Å². The molecule has 0 radical (unpaired) electrons. The van der Waals surface area contributed by atoms with E-state index < -0.39 is 0 Å². The number of piperidine rings is 1. The first kappa shape index (κ1) is 15.7. The summed E-state index contributed by atoms with van der Waals surface area (Å²) < 4.78 is 5.10. The van der Waals surface area contributed by atoms with E-state index >= 15 is 0 Å². The molecule has 1 aliphatic heterocycles. The van der Waals surface area contributed by atoms with Gasteiger partial charge in [0.15, 0.2) is 0 Å². The van der Waals surface area contributed by atoms with Gasteiger partial charge in [-0.2, -0.15) is 0 Å². The quantitative estimate of drug-likeness (QED) is 0.801. The third-order valence-corrected chi connectivity index (χ3v) is 3.86. The van der Waals surface area contributed by atoms with E-state index in [1.807, 2.05) is 6.92 Å². The number of esters is 1. The summed E-state index contributed by atoms with van der Waals surface area (Å²) in [5.41, 5.74) is 1.06. The van der Waals surface area contributed by atoms with Crippen LogP contribution < -0.4 is 4.90 Å². The van der Waals surface area contributed by atoms with Crippen molar-refractivity contribution in [3.8, 4) is 0 Å². The Bertz CT molecular complexity index is 489. The van der Waals surface area contributed by atoms with Crippen molar-refractivity contribution in [2.24, 2.45) is 5.92 Å². The van der Waals surface area contributed by atoms with E-state index in [9.17, 15) is 4.79 Å². The zero-order valence-corrected chi connectivity index (χ0v) is 13.4. The minimum absolute atomic E-state index is 0.0148. The molecule has 1 fully saturated rings. The zero-order chi connectivity index (χ0) is 15.5. The van der Waals surface area contributed by atoms with Gasteiger partial charge in [-0.3, -0.25) is 4.79 Å². The van der Waals surface area contributed by atoms with Gasteiger partial charge < -0.3 is 9.64 Å². The van der Waals surface area contributed by atoms with Crippen molar-refractivity contribution < 1.29 is 9.53 Å². The Labute approximate surface area is 126 Å². The fourth-order valence-electron chi connectivity index (χ4n) is 2.53. The molecule has 2 heterocycles. The summed E-state index contributed by atoms with van der Waals surface area (Å²) in [5, 5.41) is 0. The lowest BCUT2D eigenvalue weighted by Crippen LogP contribution is -2.37. The molecule has 1 saturated heterocycles. The average molecular weight is 291 g/mol. The van der Waals surface area contributed by atoms with E-state index in [1.54, 1.807) is 6.33 Å². The Balaban J connectivity index is 2.01. The second-order valence-corrected chi connectivity index (χ2v) is 6.52. The molecule has 0 unspecified atom stereocenters. The van der Waals surface area contributed by atoms with Gasteiger partial charge in [0.25, 0.3) is 0 Å². The Morgan fingerprint density at radius 3 is 2.57 bits per heavy atom. The lowest BCUT2D eigenvalue weighted by molar-refractivity contribution is -0.148. The molecule has 1 aromatic heterocycles. The third-order valence-electron chi connectivity index (χ3n) is 3.86. The molecule has 116 valence electrons. The predicted molar refractivity (Wildman–Crippen MR) is 82.3 cm³/mol. The number of aromatic nitrogens is 2. The van der Waals surface area contributed by atoms with E-state index in [-0.39, 0.29) is 17.3 Å². The number of nitrogens with zero attached hydrogens (tertiary/aromatic N) is 3. The standard InChI is InChI=1S/C16H25N3O2/c1-5-21-15(20)12-6-8-19(9-7-12)14-10-13(16(2,3)4)17-11-18-14/h10-12H,5-9H2,1-4H3. The average Bonchev–Trinajstić information content (AvgIpc) is 2.47. The Morgan fingerprint density at radius 1 is 1.33 bits per heavy atom. The molecule has 0 atom stereocenters. The van der Waals surface area contributed by atoms with Gasteiger partial charge in [0.05, 0.1) is 18.2 Å². The van der Waals surface area contributed by atoms with Crippen LogP contribution in [0.3, 0.4) is 0 Å². The molecule has 21 heavy (non-hydrogen) atoms. The van der Waals surface area contributed by atoms with Gasteiger partial charge in [-0.1, -0.05) is 20.8 Å². The topological polar surface area (TPSA) is 55.3 Å². The van der Waals surface area contributed by atoms with Gasteiger partial charge in [0.2, 0.25) is 0 Å². The monoisotopic (exact) mass is 291 g/mol. The highest BCUT2D eigenvalue weighted by atomic mass is 16.5. The van der Waals surface area contributed by atoms with Crippen LogP contribution in [-0.2, 0) is 14.9 Å². The van der Waals surface area contributed by atoms with Crippen molar-refractivity contribution in [2.75, 3.05) is 24.6 Å². The molecule has 0 spiro atoms. The summed E-state index contributed by atoms with van der Waals surface area (Å²) in [6.45, 7) is 10.4. The Kier molecular flexibility index (Phi) is 4.80. The van der Waals surface area contributed by atoms with Crippen molar-refractivity contribution in [3.05, 3.63) is 18.1 Å². The first-order valence-corrected chi connectivity index (χ1v) is 7.66. The normalized spacial score (nSPS) is 16.9. The fraction of sp³-hybridized carbons (Fsp3) is 0.688. The van der Waals surface area contributed by atoms with Crippen molar-refractivity contribution in [1.82, 2.24) is 9.97 Å². The number of rotatable bonds is 3. The van der Waals surface area contributed by atoms with Crippen LogP contribution in [0.4, 0.5) is 5.82 Å². The molecule has 0 aliphatic carbocycles. The summed E-state index contributed by atoms with van der Waals surface area (Å²) in [4.78, 5) is 22.7. The highest BCUT2D eigenvalue weighted by Crippen LogP contribution is 2.26. The summed E-state index contributed by atoms with van der Waals surface area (Å²) >= 11 is 0. The molecule has 0 saturated carbocycles. The molecule has 0 amide bonds. The number of hydrogen-bond acceptors (Lipinski definition) is 5. The number of anilines is 1. The first-order valence-electron chi connectivity index (χ1n) is 7.66. The third kappa shape index (κ3) is 3.93. The molecular weight excluding hydrogens is 266 g/mol. The molecule has 5 nitrogen and oxygen atoms in total. The van der Waals surface area contributed by atoms with Crippen molar-refractivity contribution >= 4 is 11.8 Å². The SMILES string of the molecule is CCOC(=O)C1CCN(c2cc(C(C)(C)C)ncn2)CC1. The summed E-state index contributed by atoms with van der Waals surface area (Å²) in [6, 6.07) is 2.06. The van der Waals surface area contributed by atoms with Gasteiger partial charge in [0, 0.05) is 24.6 Å². The number of carbonyl (C=O) groups excluding carboxylic acids is 1. The van der Waals surface area contributed by atoms with Crippen LogP contribution in [0, 0.1) is 5.92 Å². The smallest absolute Gasteiger partial charge is 0.309 e. The van der Waals surface area contributed by atoms with Gasteiger partial charge in [0.1, 0.15) is 12.1 Å². The Morgan fingerprint density at radius 2 is 2.00 bits per heavy atom. The van der Waals surface area contributed by atoms with Crippen LogP contribution in [0.5, 0.6) is 0 Å². The van der Waals surface area contributed by atoms with Crippen LogP contribution in [0.25, 0.3) is 0 Å². The molecule has 0 aromatic carbocycles. The highest BCUT2D eigenvalue weighted by molar-refractivity contribution is 5.72. The molecule has 5 heteroatoms. The summed E-state index contributed by atoms with van der Waals surface area (Å²) in [7, 11) is 0. The van der Waals surface area contributed by atoms with Gasteiger partial charge in [-0.15, -0.1) is 0 Å². The molecule has 0 N–H and O–H groups in total. The molecule has 1 aromatic rings. The second-order valence-electron chi connectivity index (χ2n) is 6.52. The zero-order valence-electron chi connectivity index (χ0n) is 13.4. The predicted octanol–water partition coefficient (Wildman–Crippen LogP) is 2.55. The largest absolute Gasteiger partial charge is 0.466 e. The van der Waals surface area contributed by atoms with E-state index in [0.29, 0.717) is 6.61 Å². The van der Waals surface area contributed by atoms with Crippen molar-refractivity contribution in [2.45, 2.75) is 46.0 Å². The number of carbonyl (C=O) groups is 1. The van der Waals surface area contributed by atoms with Gasteiger partial charge >= 0.3 is 5.97 Å². The van der Waals surface area contributed by atoms with Gasteiger partial charge in [-0.25, -0.2) is 9.97 Å². The maximum absolute atomic E-state index is 11.8. The maximum atomic E-state index is 11.8. The maximum Gasteiger partial charge on any atom is 0.309 e. The highest BCUT2D eigenvalue weighted by Gasteiger charge is 2.27. The second kappa shape index (κ2) is 6.41. The van der Waals surface area contributed by atoms with E-state index in [0.717, 1.165) is 37.4 Å². The van der Waals surface area contributed by atoms with Crippen LogP contribution in [0.2, 0.25) is 0 Å². The first-order chi connectivity index (χ1) is 9.91.